The van der Waals surface area contributed by atoms with Crippen molar-refractivity contribution in [3.8, 4) is 5.75 Å². The van der Waals surface area contributed by atoms with Crippen LogP contribution in [-0.2, 0) is 0 Å². The molecule has 2 aromatic rings. The maximum absolute atomic E-state index is 12.4. The molecule has 0 saturated carbocycles. The molecule has 2 aliphatic rings. The lowest BCUT2D eigenvalue weighted by Crippen LogP contribution is -2.40. The van der Waals surface area contributed by atoms with Gasteiger partial charge >= 0.3 is 0 Å². The van der Waals surface area contributed by atoms with Gasteiger partial charge in [-0.1, -0.05) is 36.4 Å². The number of benzene rings is 2. The summed E-state index contributed by atoms with van der Waals surface area (Å²) in [5.74, 6) is 0.484. The summed E-state index contributed by atoms with van der Waals surface area (Å²) in [6.45, 7) is 0. The van der Waals surface area contributed by atoms with Crippen molar-refractivity contribution in [2.75, 3.05) is 0 Å². The number of fused-ring (bicyclic) bond motifs is 4. The summed E-state index contributed by atoms with van der Waals surface area (Å²) in [4.78, 5) is 12.4. The van der Waals surface area contributed by atoms with Crippen molar-refractivity contribution < 1.29 is 9.53 Å². The molecule has 4 nitrogen and oxygen atoms in total. The molecule has 2 aromatic carbocycles. The standard InChI is InChI=1S/C15H10N2O2/c18-14-12-7-3-4-8-13(12)19-15-11-6-2-1-5-10(11)9-16-17(14)15/h1-9,15H/t15-/m1/s1. The molecule has 0 aliphatic carbocycles. The SMILES string of the molecule is O=C1c2ccccc2O[C@@H]2c3ccccc3C=NN12. The van der Waals surface area contributed by atoms with Crippen LogP contribution >= 0.6 is 0 Å². The van der Waals surface area contributed by atoms with Gasteiger partial charge in [0.15, 0.2) is 0 Å². The predicted molar refractivity (Wildman–Crippen MR) is 70.0 cm³/mol. The van der Waals surface area contributed by atoms with Crippen LogP contribution in [0.4, 0.5) is 0 Å². The van der Waals surface area contributed by atoms with Crippen LogP contribution in [0.5, 0.6) is 5.75 Å². The molecule has 4 rings (SSSR count). The third-order valence-electron chi connectivity index (χ3n) is 3.37. The fraction of sp³-hybridized carbons (Fsp3) is 0.0667. The molecule has 4 heteroatoms. The van der Waals surface area contributed by atoms with Crippen LogP contribution in [-0.4, -0.2) is 17.1 Å². The minimum absolute atomic E-state index is 0.127. The van der Waals surface area contributed by atoms with E-state index in [1.165, 1.54) is 5.01 Å². The summed E-state index contributed by atoms with van der Waals surface area (Å²) in [6.07, 6.45) is 1.23. The first-order valence-corrected chi connectivity index (χ1v) is 6.07. The molecular weight excluding hydrogens is 240 g/mol. The molecule has 92 valence electrons. The summed E-state index contributed by atoms with van der Waals surface area (Å²) in [5.41, 5.74) is 2.49. The lowest BCUT2D eigenvalue weighted by molar-refractivity contribution is 0.00831. The molecule has 0 N–H and O–H groups in total. The van der Waals surface area contributed by atoms with Gasteiger partial charge in [-0.25, -0.2) is 0 Å². The van der Waals surface area contributed by atoms with Crippen molar-refractivity contribution in [1.82, 2.24) is 5.01 Å². The summed E-state index contributed by atoms with van der Waals surface area (Å²) in [5, 5.41) is 5.60. The quantitative estimate of drug-likeness (QED) is 0.721. The van der Waals surface area contributed by atoms with Crippen molar-refractivity contribution in [3.63, 3.8) is 0 Å². The highest BCUT2D eigenvalue weighted by Gasteiger charge is 2.37. The normalized spacial score (nSPS) is 19.3. The molecular formula is C15H10N2O2. The third-order valence-corrected chi connectivity index (χ3v) is 3.37. The number of hydrogen-bond acceptors (Lipinski definition) is 3. The second-order valence-electron chi connectivity index (χ2n) is 4.49. The molecule has 1 atom stereocenters. The van der Waals surface area contributed by atoms with Crippen LogP contribution in [0, 0.1) is 0 Å². The van der Waals surface area contributed by atoms with Gasteiger partial charge < -0.3 is 4.74 Å². The molecule has 0 spiro atoms. The highest BCUT2D eigenvalue weighted by Crippen LogP contribution is 2.37. The second kappa shape index (κ2) is 3.68. The molecule has 0 saturated heterocycles. The summed E-state index contributed by atoms with van der Waals surface area (Å²) < 4.78 is 5.92. The Morgan fingerprint density at radius 1 is 1.05 bits per heavy atom. The van der Waals surface area contributed by atoms with Crippen LogP contribution in [0.3, 0.4) is 0 Å². The Labute approximate surface area is 109 Å². The molecule has 1 amide bonds. The molecule has 2 aliphatic heterocycles. The van der Waals surface area contributed by atoms with Gasteiger partial charge in [0.05, 0.1) is 11.8 Å². The van der Waals surface area contributed by atoms with E-state index in [4.69, 9.17) is 4.74 Å². The van der Waals surface area contributed by atoms with Gasteiger partial charge in [0.25, 0.3) is 5.91 Å². The zero-order valence-electron chi connectivity index (χ0n) is 9.98. The van der Waals surface area contributed by atoms with Gasteiger partial charge in [0.1, 0.15) is 5.75 Å². The number of carbonyl (C=O) groups excluding carboxylic acids is 1. The predicted octanol–water partition coefficient (Wildman–Crippen LogP) is 2.57. The summed E-state index contributed by atoms with van der Waals surface area (Å²) >= 11 is 0. The number of carbonyl (C=O) groups is 1. The second-order valence-corrected chi connectivity index (χ2v) is 4.49. The topological polar surface area (TPSA) is 41.9 Å². The Bertz CT molecular complexity index is 709. The van der Waals surface area contributed by atoms with Gasteiger partial charge in [-0.05, 0) is 12.1 Å². The molecule has 0 bridgehead atoms. The largest absolute Gasteiger partial charge is 0.463 e. The van der Waals surface area contributed by atoms with Gasteiger partial charge in [0, 0.05) is 11.1 Å². The van der Waals surface area contributed by atoms with Crippen molar-refractivity contribution >= 4 is 12.1 Å². The fourth-order valence-electron chi connectivity index (χ4n) is 2.43. The maximum atomic E-state index is 12.4. The van der Waals surface area contributed by atoms with Crippen molar-refractivity contribution in [3.05, 3.63) is 65.2 Å². The first kappa shape index (κ1) is 10.3. The van der Waals surface area contributed by atoms with E-state index in [1.54, 1.807) is 12.3 Å². The number of hydrazone groups is 1. The maximum Gasteiger partial charge on any atom is 0.281 e. The number of nitrogens with zero attached hydrogens (tertiary/aromatic N) is 2. The first-order valence-electron chi connectivity index (χ1n) is 6.07. The Kier molecular flexibility index (Phi) is 2.00. The molecule has 2 heterocycles. The van der Waals surface area contributed by atoms with E-state index in [9.17, 15) is 4.79 Å². The monoisotopic (exact) mass is 250 g/mol. The summed E-state index contributed by atoms with van der Waals surface area (Å²) in [7, 11) is 0. The Balaban J connectivity index is 1.89. The number of rotatable bonds is 0. The van der Waals surface area contributed by atoms with Crippen molar-refractivity contribution in [2.45, 2.75) is 6.23 Å². The van der Waals surface area contributed by atoms with Crippen molar-refractivity contribution in [2.24, 2.45) is 5.10 Å². The zero-order chi connectivity index (χ0) is 12.8. The van der Waals surface area contributed by atoms with Gasteiger partial charge in [-0.15, -0.1) is 0 Å². The molecule has 0 radical (unpaired) electrons. The Hall–Kier alpha value is -2.62. The van der Waals surface area contributed by atoms with Crippen LogP contribution in [0.15, 0.2) is 53.6 Å². The molecule has 0 aromatic heterocycles. The minimum Gasteiger partial charge on any atom is -0.463 e. The molecule has 0 unspecified atom stereocenters. The Morgan fingerprint density at radius 3 is 2.79 bits per heavy atom. The van der Waals surface area contributed by atoms with E-state index in [1.807, 2.05) is 42.5 Å². The van der Waals surface area contributed by atoms with E-state index in [0.717, 1.165) is 11.1 Å². The Morgan fingerprint density at radius 2 is 1.84 bits per heavy atom. The molecule has 19 heavy (non-hydrogen) atoms. The smallest absolute Gasteiger partial charge is 0.281 e. The van der Waals surface area contributed by atoms with Crippen molar-refractivity contribution in [1.29, 1.82) is 0 Å². The van der Waals surface area contributed by atoms with Crippen LogP contribution in [0.25, 0.3) is 0 Å². The van der Waals surface area contributed by atoms with Crippen LogP contribution in [0.2, 0.25) is 0 Å². The first-order chi connectivity index (χ1) is 9.34. The minimum atomic E-state index is -0.469. The van der Waals surface area contributed by atoms with E-state index < -0.39 is 6.23 Å². The van der Waals surface area contributed by atoms with Gasteiger partial charge in [0.2, 0.25) is 6.23 Å². The number of hydrogen-bond donors (Lipinski definition) is 0. The van der Waals surface area contributed by atoms with E-state index in [0.29, 0.717) is 11.3 Å². The highest BCUT2D eigenvalue weighted by molar-refractivity contribution is 5.99. The average Bonchev–Trinajstić information content (AvgIpc) is 2.47. The third kappa shape index (κ3) is 1.40. The lowest BCUT2D eigenvalue weighted by atomic mass is 10.0. The fourth-order valence-corrected chi connectivity index (χ4v) is 2.43. The van der Waals surface area contributed by atoms with Gasteiger partial charge in [-0.3, -0.25) is 4.79 Å². The number of para-hydroxylation sites is 1. The number of ether oxygens (including phenoxy) is 1. The lowest BCUT2D eigenvalue weighted by Gasteiger charge is -2.35. The van der Waals surface area contributed by atoms with Crippen LogP contribution in [0.1, 0.15) is 27.7 Å². The van der Waals surface area contributed by atoms with E-state index >= 15 is 0 Å². The summed E-state index contributed by atoms with van der Waals surface area (Å²) in [6, 6.07) is 15.0. The van der Waals surface area contributed by atoms with Crippen LogP contribution < -0.4 is 4.74 Å². The zero-order valence-corrected chi connectivity index (χ0v) is 9.98. The van der Waals surface area contributed by atoms with E-state index in [-0.39, 0.29) is 5.91 Å². The highest BCUT2D eigenvalue weighted by atomic mass is 16.5. The molecule has 0 fully saturated rings. The average molecular weight is 250 g/mol. The number of amides is 1. The van der Waals surface area contributed by atoms with Gasteiger partial charge in [-0.2, -0.15) is 10.1 Å². The van der Waals surface area contributed by atoms with E-state index in [2.05, 4.69) is 5.10 Å².